The minimum Gasteiger partial charge on any atom is -0.494 e. The molecule has 4 aromatic rings. The number of rotatable bonds is 2. The Balaban J connectivity index is 1.82. The molecular weight excluding hydrogens is 392 g/mol. The topological polar surface area (TPSA) is 61.2 Å². The van der Waals surface area contributed by atoms with Gasteiger partial charge >= 0.3 is 0 Å². The standard InChI is InChI=1S/C21H17BrN2O2/c22-14-8-6-12(7-9-14)17-18(21(26)23-20(17)25)16-11-24-10-2-4-13-3-1-5-15(16)19(13)24/h1,3,5-9,11,23,25-26H,2,4,10H2. The lowest BCUT2D eigenvalue weighted by Crippen LogP contribution is -2.05. The number of nitrogens with one attached hydrogen (secondary N) is 1. The summed E-state index contributed by atoms with van der Waals surface area (Å²) < 4.78 is 3.23. The maximum atomic E-state index is 10.6. The van der Waals surface area contributed by atoms with Crippen LogP contribution in [0, 0.1) is 0 Å². The number of aromatic amines is 1. The molecule has 5 rings (SSSR count). The Morgan fingerprint density at radius 1 is 0.962 bits per heavy atom. The highest BCUT2D eigenvalue weighted by molar-refractivity contribution is 9.10. The zero-order chi connectivity index (χ0) is 17.8. The van der Waals surface area contributed by atoms with Crippen LogP contribution in [0.5, 0.6) is 11.8 Å². The summed E-state index contributed by atoms with van der Waals surface area (Å²) in [5.41, 5.74) is 5.63. The molecule has 0 saturated heterocycles. The molecule has 130 valence electrons. The van der Waals surface area contributed by atoms with Gasteiger partial charge in [0.1, 0.15) is 0 Å². The van der Waals surface area contributed by atoms with Crippen LogP contribution in [0.25, 0.3) is 33.2 Å². The molecule has 5 heteroatoms. The second-order valence-electron chi connectivity index (χ2n) is 6.73. The molecule has 26 heavy (non-hydrogen) atoms. The Labute approximate surface area is 158 Å². The van der Waals surface area contributed by atoms with E-state index < -0.39 is 0 Å². The first-order valence-corrected chi connectivity index (χ1v) is 9.43. The summed E-state index contributed by atoms with van der Waals surface area (Å²) in [4.78, 5) is 2.70. The van der Waals surface area contributed by atoms with Crippen molar-refractivity contribution in [2.45, 2.75) is 19.4 Å². The normalized spacial score (nSPS) is 13.4. The van der Waals surface area contributed by atoms with Gasteiger partial charge in [-0.25, -0.2) is 0 Å². The molecule has 0 aliphatic carbocycles. The predicted molar refractivity (Wildman–Crippen MR) is 107 cm³/mol. The number of hydrogen-bond acceptors (Lipinski definition) is 2. The SMILES string of the molecule is Oc1[nH]c(O)c(-c2cn3c4c(cccc24)CCC3)c1-c1ccc(Br)cc1. The number of nitrogens with zero attached hydrogens (tertiary/aromatic N) is 1. The van der Waals surface area contributed by atoms with Crippen molar-refractivity contribution < 1.29 is 10.2 Å². The summed E-state index contributed by atoms with van der Waals surface area (Å²) in [6.07, 6.45) is 4.28. The smallest absolute Gasteiger partial charge is 0.200 e. The number of benzene rings is 2. The second-order valence-corrected chi connectivity index (χ2v) is 7.65. The van der Waals surface area contributed by atoms with Crippen LogP contribution < -0.4 is 0 Å². The van der Waals surface area contributed by atoms with Crippen LogP contribution in [-0.4, -0.2) is 19.8 Å². The molecule has 0 unspecified atom stereocenters. The first-order chi connectivity index (χ1) is 12.6. The van der Waals surface area contributed by atoms with Gasteiger partial charge in [-0.05, 0) is 36.1 Å². The van der Waals surface area contributed by atoms with Crippen molar-refractivity contribution in [3.05, 3.63) is 58.7 Å². The quantitative estimate of drug-likeness (QED) is 0.414. The highest BCUT2D eigenvalue weighted by Gasteiger charge is 2.25. The van der Waals surface area contributed by atoms with Crippen molar-refractivity contribution >= 4 is 26.8 Å². The van der Waals surface area contributed by atoms with E-state index in [1.165, 1.54) is 11.1 Å². The average Bonchev–Trinajstić information content (AvgIpc) is 3.14. The van der Waals surface area contributed by atoms with Crippen LogP contribution in [0.2, 0.25) is 0 Å². The maximum Gasteiger partial charge on any atom is 0.200 e. The van der Waals surface area contributed by atoms with E-state index in [-0.39, 0.29) is 11.8 Å². The van der Waals surface area contributed by atoms with Crippen LogP contribution in [-0.2, 0) is 13.0 Å². The fourth-order valence-electron chi connectivity index (χ4n) is 4.09. The van der Waals surface area contributed by atoms with Crippen LogP contribution in [0.15, 0.2) is 53.1 Å². The van der Waals surface area contributed by atoms with Gasteiger partial charge in [-0.3, -0.25) is 4.98 Å². The summed E-state index contributed by atoms with van der Waals surface area (Å²) in [7, 11) is 0. The number of halogens is 1. The molecule has 0 saturated carbocycles. The molecule has 0 radical (unpaired) electrons. The van der Waals surface area contributed by atoms with E-state index in [0.717, 1.165) is 40.4 Å². The summed E-state index contributed by atoms with van der Waals surface area (Å²) in [5.74, 6) is -0.0316. The molecule has 3 heterocycles. The van der Waals surface area contributed by atoms with Gasteiger partial charge in [0.15, 0.2) is 11.8 Å². The molecule has 4 nitrogen and oxygen atoms in total. The van der Waals surface area contributed by atoms with Crippen molar-refractivity contribution in [1.82, 2.24) is 9.55 Å². The minimum atomic E-state index is -0.0215. The number of H-pyrrole nitrogens is 1. The fraction of sp³-hybridized carbons (Fsp3) is 0.143. The van der Waals surface area contributed by atoms with Gasteiger partial charge in [-0.2, -0.15) is 0 Å². The maximum absolute atomic E-state index is 10.6. The molecule has 1 aliphatic rings. The van der Waals surface area contributed by atoms with Crippen molar-refractivity contribution in [3.8, 4) is 34.0 Å². The Kier molecular flexibility index (Phi) is 3.40. The van der Waals surface area contributed by atoms with Crippen LogP contribution >= 0.6 is 15.9 Å². The lowest BCUT2D eigenvalue weighted by Gasteiger charge is -2.14. The molecule has 0 amide bonds. The zero-order valence-electron chi connectivity index (χ0n) is 14.0. The third-order valence-electron chi connectivity index (χ3n) is 5.19. The molecule has 2 aromatic heterocycles. The number of aromatic hydroxyl groups is 2. The first kappa shape index (κ1) is 15.6. The van der Waals surface area contributed by atoms with E-state index in [0.29, 0.717) is 11.1 Å². The van der Waals surface area contributed by atoms with E-state index >= 15 is 0 Å². The largest absolute Gasteiger partial charge is 0.494 e. The number of para-hydroxylation sites is 1. The van der Waals surface area contributed by atoms with Gasteiger partial charge in [0.25, 0.3) is 0 Å². The van der Waals surface area contributed by atoms with Gasteiger partial charge in [0.2, 0.25) is 0 Å². The molecule has 1 aliphatic heterocycles. The van der Waals surface area contributed by atoms with Crippen molar-refractivity contribution in [2.75, 3.05) is 0 Å². The molecule has 2 aromatic carbocycles. The lowest BCUT2D eigenvalue weighted by atomic mass is 9.96. The first-order valence-electron chi connectivity index (χ1n) is 8.64. The summed E-state index contributed by atoms with van der Waals surface area (Å²) >= 11 is 3.44. The van der Waals surface area contributed by atoms with Crippen molar-refractivity contribution in [1.29, 1.82) is 0 Å². The second kappa shape index (κ2) is 5.68. The Morgan fingerprint density at radius 2 is 1.73 bits per heavy atom. The van der Waals surface area contributed by atoms with E-state index in [1.54, 1.807) is 0 Å². The van der Waals surface area contributed by atoms with Gasteiger partial charge in [0.05, 0.1) is 16.6 Å². The van der Waals surface area contributed by atoms with Crippen LogP contribution in [0.3, 0.4) is 0 Å². The third kappa shape index (κ3) is 2.20. The summed E-state index contributed by atoms with van der Waals surface area (Å²) in [6, 6.07) is 14.0. The van der Waals surface area contributed by atoms with Crippen LogP contribution in [0.1, 0.15) is 12.0 Å². The number of aromatic nitrogens is 2. The highest BCUT2D eigenvalue weighted by Crippen LogP contribution is 2.48. The van der Waals surface area contributed by atoms with Gasteiger partial charge in [-0.15, -0.1) is 0 Å². The monoisotopic (exact) mass is 408 g/mol. The lowest BCUT2D eigenvalue weighted by molar-refractivity contribution is 0.426. The molecule has 0 bridgehead atoms. The Hall–Kier alpha value is -2.66. The molecule has 0 atom stereocenters. The van der Waals surface area contributed by atoms with E-state index in [1.807, 2.05) is 24.3 Å². The number of aryl methyl sites for hydroxylation is 2. The molecule has 0 fully saturated rings. The average molecular weight is 409 g/mol. The van der Waals surface area contributed by atoms with Gasteiger partial charge < -0.3 is 14.8 Å². The fourth-order valence-corrected chi connectivity index (χ4v) is 4.35. The van der Waals surface area contributed by atoms with Crippen LogP contribution in [0.4, 0.5) is 0 Å². The third-order valence-corrected chi connectivity index (χ3v) is 5.72. The summed E-state index contributed by atoms with van der Waals surface area (Å²) in [6.45, 7) is 0.971. The van der Waals surface area contributed by atoms with E-state index in [2.05, 4.69) is 49.9 Å². The van der Waals surface area contributed by atoms with Gasteiger partial charge in [-0.1, -0.05) is 46.3 Å². The number of hydrogen-bond donors (Lipinski definition) is 3. The minimum absolute atomic E-state index is 0.0101. The summed E-state index contributed by atoms with van der Waals surface area (Å²) in [5, 5.41) is 22.1. The van der Waals surface area contributed by atoms with E-state index in [4.69, 9.17) is 0 Å². The predicted octanol–water partition coefficient (Wildman–Crippen LogP) is 5.42. The molecule has 0 spiro atoms. The van der Waals surface area contributed by atoms with Gasteiger partial charge in [0, 0.05) is 28.2 Å². The molecular formula is C21H17BrN2O2. The molecule has 3 N–H and O–H groups in total. The highest BCUT2D eigenvalue weighted by atomic mass is 79.9. The van der Waals surface area contributed by atoms with Crippen molar-refractivity contribution in [2.24, 2.45) is 0 Å². The Morgan fingerprint density at radius 3 is 2.54 bits per heavy atom. The zero-order valence-corrected chi connectivity index (χ0v) is 15.5. The van der Waals surface area contributed by atoms with E-state index in [9.17, 15) is 10.2 Å². The Bertz CT molecular complexity index is 1140. The van der Waals surface area contributed by atoms with Crippen molar-refractivity contribution in [3.63, 3.8) is 0 Å².